The van der Waals surface area contributed by atoms with Gasteiger partial charge in [0.05, 0.1) is 16.9 Å². The predicted molar refractivity (Wildman–Crippen MR) is 107 cm³/mol. The molecule has 0 spiro atoms. The van der Waals surface area contributed by atoms with Gasteiger partial charge in [-0.2, -0.15) is 9.49 Å². The fraction of sp³-hybridized carbons (Fsp3) is 0.238. The number of nitrogens with one attached hydrogen (secondary N) is 1. The minimum Gasteiger partial charge on any atom is -0.325 e. The number of rotatable bonds is 4. The van der Waals surface area contributed by atoms with Crippen LogP contribution in [-0.2, 0) is 9.59 Å². The lowest BCUT2D eigenvalue weighted by Gasteiger charge is -2.24. The second-order valence-electron chi connectivity index (χ2n) is 7.18. The van der Waals surface area contributed by atoms with Gasteiger partial charge in [-0.15, -0.1) is 0 Å². The largest absolute Gasteiger partial charge is 0.325 e. The quantitative estimate of drug-likeness (QED) is 0.639. The van der Waals surface area contributed by atoms with E-state index < -0.39 is 36.8 Å². The van der Waals surface area contributed by atoms with Crippen LogP contribution in [0.2, 0.25) is 0 Å². The number of nitrogens with zero attached hydrogens (tertiary/aromatic N) is 4. The summed E-state index contributed by atoms with van der Waals surface area (Å²) in [6.07, 6.45) is -1.15. The summed E-state index contributed by atoms with van der Waals surface area (Å²) < 4.78 is 41.6. The van der Waals surface area contributed by atoms with Crippen molar-refractivity contribution < 1.29 is 22.8 Å². The van der Waals surface area contributed by atoms with Gasteiger partial charge in [-0.25, -0.2) is 13.8 Å². The van der Waals surface area contributed by atoms with E-state index in [1.54, 1.807) is 19.9 Å². The van der Waals surface area contributed by atoms with E-state index >= 15 is 0 Å². The van der Waals surface area contributed by atoms with Gasteiger partial charge < -0.3 is 10.2 Å². The molecule has 0 saturated heterocycles. The number of hydrogen-bond donors (Lipinski definition) is 1. The van der Waals surface area contributed by atoms with Gasteiger partial charge in [0.25, 0.3) is 12.3 Å². The predicted octanol–water partition coefficient (Wildman–Crippen LogP) is 3.88. The SMILES string of the molecule is Cc1cc2c(c(F)n1)-c1ccnn1C(C)C(=O)N2CC(=O)Nc1ccc(C(F)F)cc1. The minimum absolute atomic E-state index is 0.0786. The Kier molecular flexibility index (Phi) is 5.22. The van der Waals surface area contributed by atoms with Crippen molar-refractivity contribution in [2.45, 2.75) is 26.3 Å². The molecule has 4 rings (SSSR count). The van der Waals surface area contributed by atoms with Crippen molar-refractivity contribution in [1.82, 2.24) is 14.8 Å². The molecule has 1 unspecified atom stereocenters. The highest BCUT2D eigenvalue weighted by Gasteiger charge is 2.35. The molecule has 1 N–H and O–H groups in total. The van der Waals surface area contributed by atoms with Crippen LogP contribution in [0.5, 0.6) is 0 Å². The second kappa shape index (κ2) is 7.86. The summed E-state index contributed by atoms with van der Waals surface area (Å²) in [5.74, 6) is -1.78. The van der Waals surface area contributed by atoms with Gasteiger partial charge in [-0.05, 0) is 38.1 Å². The van der Waals surface area contributed by atoms with Crippen LogP contribution in [-0.4, -0.2) is 33.1 Å². The van der Waals surface area contributed by atoms with E-state index in [1.165, 1.54) is 46.1 Å². The van der Waals surface area contributed by atoms with E-state index in [1.807, 2.05) is 0 Å². The molecule has 0 radical (unpaired) electrons. The Morgan fingerprint density at radius 3 is 2.61 bits per heavy atom. The number of halogens is 3. The molecule has 10 heteroatoms. The Bertz CT molecular complexity index is 1160. The molecule has 0 saturated carbocycles. The zero-order valence-corrected chi connectivity index (χ0v) is 16.6. The summed E-state index contributed by atoms with van der Waals surface area (Å²) in [6.45, 7) is 2.79. The molecular formula is C21H18F3N5O2. The number of aryl methyl sites for hydroxylation is 1. The summed E-state index contributed by atoms with van der Waals surface area (Å²) in [5.41, 5.74) is 1.15. The van der Waals surface area contributed by atoms with Crippen molar-refractivity contribution in [1.29, 1.82) is 0 Å². The molecule has 1 aliphatic rings. The standard InChI is InChI=1S/C21H18F3N5O2/c1-11-9-16-18(20(24)26-11)15-7-8-25-29(15)12(2)21(31)28(16)10-17(30)27-14-5-3-13(4-6-14)19(22)23/h3-9,12,19H,10H2,1-2H3,(H,27,30). The fourth-order valence-electron chi connectivity index (χ4n) is 3.56. The number of carbonyl (C=O) groups excluding carboxylic acids is 2. The first-order valence-corrected chi connectivity index (χ1v) is 9.46. The summed E-state index contributed by atoms with van der Waals surface area (Å²) >= 11 is 0. The topological polar surface area (TPSA) is 80.1 Å². The van der Waals surface area contributed by atoms with Crippen molar-refractivity contribution in [2.24, 2.45) is 0 Å². The number of hydrogen-bond acceptors (Lipinski definition) is 4. The number of alkyl halides is 2. The molecule has 7 nitrogen and oxygen atoms in total. The number of fused-ring (bicyclic) bond motifs is 3. The maximum absolute atomic E-state index is 14.8. The smallest absolute Gasteiger partial charge is 0.263 e. The third-order valence-electron chi connectivity index (χ3n) is 5.04. The first-order valence-electron chi connectivity index (χ1n) is 9.46. The van der Waals surface area contributed by atoms with Gasteiger partial charge in [-0.1, -0.05) is 12.1 Å². The molecule has 2 amide bonds. The molecular weight excluding hydrogens is 411 g/mol. The zero-order chi connectivity index (χ0) is 22.3. The lowest BCUT2D eigenvalue weighted by molar-refractivity contribution is -0.123. The van der Waals surface area contributed by atoms with E-state index in [0.717, 1.165) is 0 Å². The molecule has 0 aliphatic carbocycles. The Morgan fingerprint density at radius 1 is 1.23 bits per heavy atom. The van der Waals surface area contributed by atoms with E-state index in [4.69, 9.17) is 0 Å². The molecule has 2 aromatic heterocycles. The number of aromatic nitrogens is 3. The zero-order valence-electron chi connectivity index (χ0n) is 16.6. The fourth-order valence-corrected chi connectivity index (χ4v) is 3.56. The molecule has 0 fully saturated rings. The Labute approximate surface area is 175 Å². The maximum Gasteiger partial charge on any atom is 0.263 e. The second-order valence-corrected chi connectivity index (χ2v) is 7.18. The third kappa shape index (κ3) is 3.76. The van der Waals surface area contributed by atoms with Gasteiger partial charge in [0.15, 0.2) is 0 Å². The summed E-state index contributed by atoms with van der Waals surface area (Å²) in [5, 5.41) is 6.70. The van der Waals surface area contributed by atoms with Crippen LogP contribution >= 0.6 is 0 Å². The van der Waals surface area contributed by atoms with Crippen LogP contribution in [0.1, 0.15) is 30.6 Å². The monoisotopic (exact) mass is 429 g/mol. The number of pyridine rings is 1. The highest BCUT2D eigenvalue weighted by atomic mass is 19.3. The molecule has 1 atom stereocenters. The van der Waals surface area contributed by atoms with Gasteiger partial charge >= 0.3 is 0 Å². The number of carbonyl (C=O) groups is 2. The first-order chi connectivity index (χ1) is 14.8. The average Bonchev–Trinajstić information content (AvgIpc) is 3.17. The van der Waals surface area contributed by atoms with Gasteiger partial charge in [-0.3, -0.25) is 14.3 Å². The van der Waals surface area contributed by atoms with Crippen LogP contribution in [0.25, 0.3) is 11.3 Å². The normalized spacial score (nSPS) is 15.5. The van der Waals surface area contributed by atoms with E-state index in [0.29, 0.717) is 17.1 Å². The van der Waals surface area contributed by atoms with Gasteiger partial charge in [0, 0.05) is 23.1 Å². The van der Waals surface area contributed by atoms with Crippen LogP contribution in [0.3, 0.4) is 0 Å². The van der Waals surface area contributed by atoms with Gasteiger partial charge in [0.2, 0.25) is 11.9 Å². The van der Waals surface area contributed by atoms with Crippen LogP contribution in [0, 0.1) is 12.9 Å². The highest BCUT2D eigenvalue weighted by Crippen LogP contribution is 2.38. The lowest BCUT2D eigenvalue weighted by atomic mass is 10.1. The molecule has 1 aliphatic heterocycles. The molecule has 160 valence electrons. The van der Waals surface area contributed by atoms with E-state index in [2.05, 4.69) is 15.4 Å². The molecule has 31 heavy (non-hydrogen) atoms. The number of benzene rings is 1. The van der Waals surface area contributed by atoms with Crippen LogP contribution in [0.15, 0.2) is 42.6 Å². The summed E-state index contributed by atoms with van der Waals surface area (Å²) in [4.78, 5) is 30.9. The average molecular weight is 429 g/mol. The van der Waals surface area contributed by atoms with Crippen molar-refractivity contribution in [2.75, 3.05) is 16.8 Å². The Morgan fingerprint density at radius 2 is 1.94 bits per heavy atom. The van der Waals surface area contributed by atoms with Crippen molar-refractivity contribution in [3.05, 3.63) is 59.8 Å². The molecule has 0 bridgehead atoms. The first kappa shape index (κ1) is 20.6. The summed E-state index contributed by atoms with van der Waals surface area (Å²) in [7, 11) is 0. The number of amides is 2. The Balaban J connectivity index is 1.67. The van der Waals surface area contributed by atoms with Crippen molar-refractivity contribution in [3.63, 3.8) is 0 Å². The Hall–Kier alpha value is -3.69. The highest BCUT2D eigenvalue weighted by molar-refractivity contribution is 6.07. The molecule has 1 aromatic carbocycles. The number of anilines is 2. The van der Waals surface area contributed by atoms with Crippen molar-refractivity contribution >= 4 is 23.2 Å². The van der Waals surface area contributed by atoms with E-state index in [9.17, 15) is 22.8 Å². The van der Waals surface area contributed by atoms with E-state index in [-0.39, 0.29) is 16.8 Å². The molecule has 3 aromatic rings. The van der Waals surface area contributed by atoms with Crippen LogP contribution in [0.4, 0.5) is 24.5 Å². The van der Waals surface area contributed by atoms with Crippen molar-refractivity contribution in [3.8, 4) is 11.3 Å². The van der Waals surface area contributed by atoms with Gasteiger partial charge in [0.1, 0.15) is 12.6 Å². The third-order valence-corrected chi connectivity index (χ3v) is 5.04. The lowest BCUT2D eigenvalue weighted by Crippen LogP contribution is -2.41. The summed E-state index contributed by atoms with van der Waals surface area (Å²) in [6, 6.07) is 7.45. The maximum atomic E-state index is 14.8. The molecule has 3 heterocycles. The van der Waals surface area contributed by atoms with Crippen LogP contribution < -0.4 is 10.2 Å². The minimum atomic E-state index is -2.62.